The molecule has 4 rings (SSSR count). The van der Waals surface area contributed by atoms with Gasteiger partial charge in [0, 0.05) is 20.6 Å². The summed E-state index contributed by atoms with van der Waals surface area (Å²) in [6, 6.07) is 10.7. The van der Waals surface area contributed by atoms with Crippen LogP contribution in [0, 0.1) is 11.8 Å². The second-order valence-electron chi connectivity index (χ2n) is 9.65. The van der Waals surface area contributed by atoms with Gasteiger partial charge in [-0.15, -0.1) is 0 Å². The smallest absolute Gasteiger partial charge is 0.321 e. The van der Waals surface area contributed by atoms with Crippen LogP contribution >= 0.6 is 0 Å². The monoisotopic (exact) mass is 437 g/mol. The van der Waals surface area contributed by atoms with Crippen molar-refractivity contribution in [2.45, 2.75) is 52.6 Å². The van der Waals surface area contributed by atoms with Crippen LogP contribution in [0.15, 0.2) is 39.9 Å². The van der Waals surface area contributed by atoms with Crippen molar-refractivity contribution in [3.05, 3.63) is 62.6 Å². The summed E-state index contributed by atoms with van der Waals surface area (Å²) in [4.78, 5) is 32.6. The summed E-state index contributed by atoms with van der Waals surface area (Å²) < 4.78 is 4.75. The van der Waals surface area contributed by atoms with E-state index < -0.39 is 0 Å². The van der Waals surface area contributed by atoms with Gasteiger partial charge in [-0.3, -0.25) is 18.8 Å². The van der Waals surface area contributed by atoms with Gasteiger partial charge in [-0.05, 0) is 56.2 Å². The first-order chi connectivity index (χ1) is 15.3. The molecule has 0 atom stereocenters. The molecule has 1 aliphatic heterocycles. The first-order valence-electron chi connectivity index (χ1n) is 11.8. The maximum absolute atomic E-state index is 13.0. The maximum Gasteiger partial charge on any atom is 0.332 e. The molecule has 1 saturated heterocycles. The number of rotatable bonds is 7. The number of imidazole rings is 1. The Morgan fingerprint density at radius 3 is 2.38 bits per heavy atom. The maximum atomic E-state index is 13.0. The number of aryl methyl sites for hydroxylation is 2. The van der Waals surface area contributed by atoms with E-state index in [1.165, 1.54) is 27.5 Å². The molecule has 2 aromatic heterocycles. The molecule has 0 amide bonds. The highest BCUT2D eigenvalue weighted by molar-refractivity contribution is 5.71. The number of hydrogen-bond acceptors (Lipinski definition) is 4. The molecule has 172 valence electrons. The van der Waals surface area contributed by atoms with Crippen LogP contribution in [0.25, 0.3) is 11.2 Å². The molecular weight excluding hydrogens is 402 g/mol. The van der Waals surface area contributed by atoms with E-state index in [9.17, 15) is 9.59 Å². The number of fused-ring (bicyclic) bond motifs is 1. The van der Waals surface area contributed by atoms with Crippen molar-refractivity contribution in [1.29, 1.82) is 0 Å². The Kier molecular flexibility index (Phi) is 6.65. The van der Waals surface area contributed by atoms with Crippen molar-refractivity contribution < 1.29 is 0 Å². The quantitative estimate of drug-likeness (QED) is 0.570. The third-order valence-corrected chi connectivity index (χ3v) is 6.80. The third-order valence-electron chi connectivity index (χ3n) is 6.80. The van der Waals surface area contributed by atoms with Gasteiger partial charge in [0.05, 0.1) is 6.54 Å². The van der Waals surface area contributed by atoms with Crippen LogP contribution in [0.5, 0.6) is 0 Å². The highest BCUT2D eigenvalue weighted by Crippen LogP contribution is 2.23. The van der Waals surface area contributed by atoms with Crippen LogP contribution in [0.1, 0.15) is 44.5 Å². The van der Waals surface area contributed by atoms with E-state index in [1.807, 2.05) is 0 Å². The number of piperidine rings is 1. The van der Waals surface area contributed by atoms with Gasteiger partial charge in [0.2, 0.25) is 0 Å². The lowest BCUT2D eigenvalue weighted by Crippen LogP contribution is -2.37. The van der Waals surface area contributed by atoms with Gasteiger partial charge in [-0.1, -0.05) is 44.2 Å². The largest absolute Gasteiger partial charge is 0.332 e. The van der Waals surface area contributed by atoms with Crippen LogP contribution in [0.4, 0.5) is 0 Å². The van der Waals surface area contributed by atoms with E-state index in [4.69, 9.17) is 4.98 Å². The minimum Gasteiger partial charge on any atom is -0.321 e. The molecule has 0 saturated carbocycles. The summed E-state index contributed by atoms with van der Waals surface area (Å²) in [5.74, 6) is 2.12. The molecule has 3 aromatic rings. The zero-order chi connectivity index (χ0) is 22.8. The highest BCUT2D eigenvalue weighted by Gasteiger charge is 2.24. The molecule has 7 heteroatoms. The van der Waals surface area contributed by atoms with Crippen molar-refractivity contribution >= 4 is 11.2 Å². The summed E-state index contributed by atoms with van der Waals surface area (Å²) in [5.41, 5.74) is 1.87. The van der Waals surface area contributed by atoms with Gasteiger partial charge in [-0.25, -0.2) is 9.78 Å². The number of benzene rings is 1. The Morgan fingerprint density at radius 1 is 1.03 bits per heavy atom. The van der Waals surface area contributed by atoms with Crippen molar-refractivity contribution in [1.82, 2.24) is 23.6 Å². The van der Waals surface area contributed by atoms with E-state index >= 15 is 0 Å². The van der Waals surface area contributed by atoms with Crippen LogP contribution in [-0.4, -0.2) is 36.7 Å². The minimum atomic E-state index is -0.329. The fraction of sp³-hybridized carbons (Fsp3) is 0.560. The second-order valence-corrected chi connectivity index (χ2v) is 9.65. The van der Waals surface area contributed by atoms with Crippen molar-refractivity contribution in [2.24, 2.45) is 25.9 Å². The van der Waals surface area contributed by atoms with Crippen molar-refractivity contribution in [3.63, 3.8) is 0 Å². The molecule has 0 N–H and O–H groups in total. The fourth-order valence-corrected chi connectivity index (χ4v) is 4.74. The molecule has 7 nitrogen and oxygen atoms in total. The second kappa shape index (κ2) is 9.45. The number of aromatic nitrogens is 4. The lowest BCUT2D eigenvalue weighted by atomic mass is 9.90. The van der Waals surface area contributed by atoms with Gasteiger partial charge in [0.25, 0.3) is 5.56 Å². The van der Waals surface area contributed by atoms with E-state index in [0.717, 1.165) is 38.3 Å². The molecule has 0 radical (unpaired) electrons. The van der Waals surface area contributed by atoms with Crippen LogP contribution < -0.4 is 11.2 Å². The van der Waals surface area contributed by atoms with E-state index in [2.05, 4.69) is 53.6 Å². The number of hydrogen-bond donors (Lipinski definition) is 0. The van der Waals surface area contributed by atoms with Crippen LogP contribution in [0.3, 0.4) is 0 Å². The molecule has 1 aliphatic rings. The fourth-order valence-electron chi connectivity index (χ4n) is 4.74. The molecule has 32 heavy (non-hydrogen) atoms. The average Bonchev–Trinajstić information content (AvgIpc) is 3.15. The molecule has 3 heterocycles. The van der Waals surface area contributed by atoms with E-state index in [0.29, 0.717) is 29.5 Å². The standard InChI is InChI=1S/C25H35N5O2/c1-18(2)10-15-30-21(26-23-22(30)24(31)28(4)25(32)27(23)3)17-29-13-11-20(12-14-29)16-19-8-6-5-7-9-19/h5-9,18,20H,10-17H2,1-4H3. The van der Waals surface area contributed by atoms with Gasteiger partial charge in [-0.2, -0.15) is 0 Å². The highest BCUT2D eigenvalue weighted by atomic mass is 16.2. The molecule has 1 aromatic carbocycles. The lowest BCUT2D eigenvalue weighted by molar-refractivity contribution is 0.171. The van der Waals surface area contributed by atoms with Gasteiger partial charge >= 0.3 is 5.69 Å². The van der Waals surface area contributed by atoms with Crippen LogP contribution in [-0.2, 0) is 33.6 Å². The normalized spacial score (nSPS) is 15.8. The first-order valence-corrected chi connectivity index (χ1v) is 11.8. The summed E-state index contributed by atoms with van der Waals surface area (Å²) >= 11 is 0. The topological polar surface area (TPSA) is 65.1 Å². The Hall–Kier alpha value is -2.67. The summed E-state index contributed by atoms with van der Waals surface area (Å²) in [6.07, 6.45) is 4.44. The molecular formula is C25H35N5O2. The molecule has 0 bridgehead atoms. The zero-order valence-corrected chi connectivity index (χ0v) is 19.8. The molecule has 0 spiro atoms. The van der Waals surface area contributed by atoms with E-state index in [-0.39, 0.29) is 11.2 Å². The predicted octanol–water partition coefficient (Wildman–Crippen LogP) is 2.93. The molecule has 0 aliphatic carbocycles. The lowest BCUT2D eigenvalue weighted by Gasteiger charge is -2.32. The third kappa shape index (κ3) is 4.58. The first kappa shape index (κ1) is 22.5. The minimum absolute atomic E-state index is 0.257. The zero-order valence-electron chi connectivity index (χ0n) is 19.8. The van der Waals surface area contributed by atoms with Crippen molar-refractivity contribution in [2.75, 3.05) is 13.1 Å². The Bertz CT molecular complexity index is 1180. The Balaban J connectivity index is 1.55. The summed E-state index contributed by atoms with van der Waals surface area (Å²) in [6.45, 7) is 7.88. The number of likely N-dealkylation sites (tertiary alicyclic amines) is 1. The number of nitrogens with zero attached hydrogens (tertiary/aromatic N) is 5. The predicted molar refractivity (Wildman–Crippen MR) is 128 cm³/mol. The SMILES string of the molecule is CC(C)CCn1c(CN2CCC(Cc3ccccc3)CC2)nc2c1c(=O)n(C)c(=O)n2C. The molecule has 0 unspecified atom stereocenters. The van der Waals surface area contributed by atoms with E-state index in [1.54, 1.807) is 14.1 Å². The Morgan fingerprint density at radius 2 is 1.72 bits per heavy atom. The average molecular weight is 438 g/mol. The molecule has 1 fully saturated rings. The van der Waals surface area contributed by atoms with Crippen LogP contribution in [0.2, 0.25) is 0 Å². The van der Waals surface area contributed by atoms with Crippen molar-refractivity contribution in [3.8, 4) is 0 Å². The summed E-state index contributed by atoms with van der Waals surface area (Å²) in [5, 5.41) is 0. The Labute approximate surface area is 189 Å². The van der Waals surface area contributed by atoms with Gasteiger partial charge in [0.1, 0.15) is 5.82 Å². The van der Waals surface area contributed by atoms with Gasteiger partial charge < -0.3 is 4.57 Å². The summed E-state index contributed by atoms with van der Waals surface area (Å²) in [7, 11) is 3.24. The van der Waals surface area contributed by atoms with Gasteiger partial charge in [0.15, 0.2) is 11.2 Å².